The minimum absolute atomic E-state index is 0.00727. The smallest absolute Gasteiger partial charge is 0.230 e. The van der Waals surface area contributed by atoms with Crippen LogP contribution in [0.15, 0.2) is 35.5 Å². The number of nitrogens with one attached hydrogen (secondary N) is 1. The molecule has 3 rings (SSSR count). The summed E-state index contributed by atoms with van der Waals surface area (Å²) in [5.41, 5.74) is 1.11. The molecule has 1 N–H and O–H groups in total. The standard InChI is InChI=1S/C18H24N4OS/c1-13(14-8-4-3-5-9-14)19-16(23)12-24-18-21-20-17(22(18)2)15-10-6-7-11-15/h3-5,8-9,13,15H,6-7,10-12H2,1-2H3,(H,19,23). The second kappa shape index (κ2) is 7.83. The highest BCUT2D eigenvalue weighted by Gasteiger charge is 2.23. The Morgan fingerprint density at radius 3 is 2.71 bits per heavy atom. The van der Waals surface area contributed by atoms with Gasteiger partial charge in [-0.2, -0.15) is 0 Å². The molecule has 0 spiro atoms. The van der Waals surface area contributed by atoms with Gasteiger partial charge in [0, 0.05) is 13.0 Å². The van der Waals surface area contributed by atoms with Crippen LogP contribution in [-0.4, -0.2) is 26.4 Å². The van der Waals surface area contributed by atoms with Crippen LogP contribution < -0.4 is 5.32 Å². The Kier molecular flexibility index (Phi) is 5.56. The van der Waals surface area contributed by atoms with Crippen molar-refractivity contribution in [1.82, 2.24) is 20.1 Å². The molecule has 1 saturated carbocycles. The van der Waals surface area contributed by atoms with Crippen molar-refractivity contribution < 1.29 is 4.79 Å². The molecule has 0 saturated heterocycles. The van der Waals surface area contributed by atoms with Gasteiger partial charge in [-0.3, -0.25) is 4.79 Å². The van der Waals surface area contributed by atoms with Crippen LogP contribution in [0, 0.1) is 0 Å². The molecule has 1 unspecified atom stereocenters. The van der Waals surface area contributed by atoms with Crippen LogP contribution in [-0.2, 0) is 11.8 Å². The molecule has 1 aliphatic rings. The van der Waals surface area contributed by atoms with Crippen LogP contribution in [0.1, 0.15) is 56.0 Å². The first kappa shape index (κ1) is 17.0. The summed E-state index contributed by atoms with van der Waals surface area (Å²) in [7, 11) is 2.00. The van der Waals surface area contributed by atoms with Crippen molar-refractivity contribution >= 4 is 17.7 Å². The zero-order chi connectivity index (χ0) is 16.9. The predicted molar refractivity (Wildman–Crippen MR) is 95.9 cm³/mol. The zero-order valence-electron chi connectivity index (χ0n) is 14.2. The van der Waals surface area contributed by atoms with Crippen LogP contribution in [0.4, 0.5) is 0 Å². The maximum absolute atomic E-state index is 12.2. The molecule has 1 aliphatic carbocycles. The van der Waals surface area contributed by atoms with E-state index in [0.717, 1.165) is 16.5 Å². The Hall–Kier alpha value is -1.82. The van der Waals surface area contributed by atoms with E-state index in [4.69, 9.17) is 0 Å². The molecule has 1 atom stereocenters. The summed E-state index contributed by atoms with van der Waals surface area (Å²) in [6, 6.07) is 9.99. The minimum atomic E-state index is 0.00727. The molecule has 1 aromatic heterocycles. The molecule has 6 heteroatoms. The van der Waals surface area contributed by atoms with Crippen molar-refractivity contribution in [2.45, 2.75) is 49.7 Å². The quantitative estimate of drug-likeness (QED) is 0.816. The van der Waals surface area contributed by atoms with Crippen LogP contribution in [0.5, 0.6) is 0 Å². The van der Waals surface area contributed by atoms with Gasteiger partial charge in [0.25, 0.3) is 0 Å². The first-order valence-electron chi connectivity index (χ1n) is 8.51. The second-order valence-corrected chi connectivity index (χ2v) is 7.31. The molecule has 1 fully saturated rings. The third-order valence-electron chi connectivity index (χ3n) is 4.60. The summed E-state index contributed by atoms with van der Waals surface area (Å²) in [6.45, 7) is 2.00. The topological polar surface area (TPSA) is 59.8 Å². The molecule has 0 radical (unpaired) electrons. The van der Waals surface area contributed by atoms with E-state index >= 15 is 0 Å². The fourth-order valence-corrected chi connectivity index (χ4v) is 3.96. The molecule has 0 bridgehead atoms. The number of amides is 1. The monoisotopic (exact) mass is 344 g/mol. The van der Waals surface area contributed by atoms with Gasteiger partial charge in [-0.05, 0) is 25.3 Å². The minimum Gasteiger partial charge on any atom is -0.349 e. The molecule has 1 heterocycles. The number of thioether (sulfide) groups is 1. The highest BCUT2D eigenvalue weighted by atomic mass is 32.2. The first-order chi connectivity index (χ1) is 11.6. The Morgan fingerprint density at radius 1 is 1.29 bits per heavy atom. The Labute approximate surface area is 147 Å². The van der Waals surface area contributed by atoms with Gasteiger partial charge in [-0.1, -0.05) is 54.9 Å². The molecule has 1 aromatic carbocycles. The van der Waals surface area contributed by atoms with E-state index in [9.17, 15) is 4.79 Å². The van der Waals surface area contributed by atoms with E-state index in [1.54, 1.807) is 0 Å². The number of aromatic nitrogens is 3. The Bertz CT molecular complexity index is 680. The van der Waals surface area contributed by atoms with Crippen molar-refractivity contribution in [3.63, 3.8) is 0 Å². The zero-order valence-corrected chi connectivity index (χ0v) is 15.1. The third kappa shape index (κ3) is 3.98. The summed E-state index contributed by atoms with van der Waals surface area (Å²) < 4.78 is 2.05. The van der Waals surface area contributed by atoms with Crippen molar-refractivity contribution in [3.8, 4) is 0 Å². The van der Waals surface area contributed by atoms with Crippen molar-refractivity contribution in [3.05, 3.63) is 41.7 Å². The summed E-state index contributed by atoms with van der Waals surface area (Å²) in [6.07, 6.45) is 4.96. The number of benzene rings is 1. The Morgan fingerprint density at radius 2 is 2.00 bits per heavy atom. The van der Waals surface area contributed by atoms with Crippen LogP contribution in [0.25, 0.3) is 0 Å². The fraction of sp³-hybridized carbons (Fsp3) is 0.500. The van der Waals surface area contributed by atoms with E-state index in [-0.39, 0.29) is 11.9 Å². The van der Waals surface area contributed by atoms with E-state index in [1.165, 1.54) is 37.4 Å². The van der Waals surface area contributed by atoms with Gasteiger partial charge < -0.3 is 9.88 Å². The second-order valence-electron chi connectivity index (χ2n) is 6.37. The van der Waals surface area contributed by atoms with Crippen molar-refractivity contribution in [2.75, 3.05) is 5.75 Å². The highest BCUT2D eigenvalue weighted by Crippen LogP contribution is 2.33. The number of hydrogen-bond acceptors (Lipinski definition) is 4. The molecular weight excluding hydrogens is 320 g/mol. The summed E-state index contributed by atoms with van der Waals surface area (Å²) in [4.78, 5) is 12.2. The molecule has 5 nitrogen and oxygen atoms in total. The summed E-state index contributed by atoms with van der Waals surface area (Å²) in [5.74, 6) is 1.96. The van der Waals surface area contributed by atoms with E-state index in [1.807, 2.05) is 44.3 Å². The van der Waals surface area contributed by atoms with E-state index in [0.29, 0.717) is 11.7 Å². The lowest BCUT2D eigenvalue weighted by Crippen LogP contribution is -2.28. The van der Waals surface area contributed by atoms with Crippen molar-refractivity contribution in [2.24, 2.45) is 7.05 Å². The SMILES string of the molecule is CC(NC(=O)CSc1nnc(C2CCCC2)n1C)c1ccccc1. The number of carbonyl (C=O) groups is 1. The molecule has 2 aromatic rings. The lowest BCUT2D eigenvalue weighted by molar-refractivity contribution is -0.119. The number of hydrogen-bond donors (Lipinski definition) is 1. The van der Waals surface area contributed by atoms with Crippen LogP contribution in [0.3, 0.4) is 0 Å². The first-order valence-corrected chi connectivity index (χ1v) is 9.50. The summed E-state index contributed by atoms with van der Waals surface area (Å²) in [5, 5.41) is 12.5. The molecular formula is C18H24N4OS. The number of carbonyl (C=O) groups excluding carboxylic acids is 1. The lowest BCUT2D eigenvalue weighted by Gasteiger charge is -2.14. The largest absolute Gasteiger partial charge is 0.349 e. The molecule has 128 valence electrons. The van der Waals surface area contributed by atoms with Crippen LogP contribution in [0.2, 0.25) is 0 Å². The predicted octanol–water partition coefficient (Wildman–Crippen LogP) is 3.44. The van der Waals surface area contributed by atoms with Gasteiger partial charge in [-0.25, -0.2) is 0 Å². The molecule has 24 heavy (non-hydrogen) atoms. The Balaban J connectivity index is 1.53. The third-order valence-corrected chi connectivity index (χ3v) is 5.62. The van der Waals surface area contributed by atoms with Crippen molar-refractivity contribution in [1.29, 1.82) is 0 Å². The average molecular weight is 344 g/mol. The average Bonchev–Trinajstić information content (AvgIpc) is 3.23. The van der Waals surface area contributed by atoms with Crippen LogP contribution >= 0.6 is 11.8 Å². The number of nitrogens with zero attached hydrogens (tertiary/aromatic N) is 3. The van der Waals surface area contributed by atoms with Gasteiger partial charge in [0.15, 0.2) is 5.16 Å². The maximum atomic E-state index is 12.2. The maximum Gasteiger partial charge on any atom is 0.230 e. The van der Waals surface area contributed by atoms with Gasteiger partial charge in [0.1, 0.15) is 5.82 Å². The van der Waals surface area contributed by atoms with Gasteiger partial charge in [0.2, 0.25) is 5.91 Å². The molecule has 1 amide bonds. The highest BCUT2D eigenvalue weighted by molar-refractivity contribution is 7.99. The van der Waals surface area contributed by atoms with Gasteiger partial charge in [0.05, 0.1) is 11.8 Å². The van der Waals surface area contributed by atoms with Gasteiger partial charge >= 0.3 is 0 Å². The number of rotatable bonds is 6. The lowest BCUT2D eigenvalue weighted by atomic mass is 10.1. The normalized spacial score (nSPS) is 16.2. The van der Waals surface area contributed by atoms with Gasteiger partial charge in [-0.15, -0.1) is 10.2 Å². The summed E-state index contributed by atoms with van der Waals surface area (Å²) >= 11 is 1.45. The van der Waals surface area contributed by atoms with E-state index < -0.39 is 0 Å². The molecule has 0 aliphatic heterocycles. The fourth-order valence-electron chi connectivity index (χ4n) is 3.23. The van der Waals surface area contributed by atoms with E-state index in [2.05, 4.69) is 20.1 Å².